The van der Waals surface area contributed by atoms with Gasteiger partial charge in [-0.3, -0.25) is 9.47 Å². The average molecular weight is 406 g/mol. The molecule has 0 saturated carbocycles. The molecule has 2 aromatic heterocycles. The Morgan fingerprint density at radius 1 is 1.24 bits per heavy atom. The van der Waals surface area contributed by atoms with E-state index in [1.807, 2.05) is 6.92 Å². The normalized spacial score (nSPS) is 15.3. The number of oxime groups is 1. The Labute approximate surface area is 170 Å². The first-order valence-electron chi connectivity index (χ1n) is 10.4. The van der Waals surface area contributed by atoms with Gasteiger partial charge in [-0.25, -0.2) is 4.79 Å². The van der Waals surface area contributed by atoms with Gasteiger partial charge in [-0.05, 0) is 38.8 Å². The highest BCUT2D eigenvalue weighted by molar-refractivity contribution is 5.87. The first-order chi connectivity index (χ1) is 14.1. The molecule has 29 heavy (non-hydrogen) atoms. The zero-order chi connectivity index (χ0) is 20.6. The molecule has 0 atom stereocenters. The van der Waals surface area contributed by atoms with E-state index in [2.05, 4.69) is 31.9 Å². The number of nitrogens with one attached hydrogen (secondary N) is 1. The molecule has 3 rings (SSSR count). The van der Waals surface area contributed by atoms with Crippen LogP contribution in [0.4, 0.5) is 5.82 Å². The molecule has 0 radical (unpaired) electrons. The molecule has 1 saturated heterocycles. The number of anilines is 1. The molecular weight excluding hydrogens is 374 g/mol. The van der Waals surface area contributed by atoms with Crippen LogP contribution in [-0.4, -0.2) is 63.0 Å². The summed E-state index contributed by atoms with van der Waals surface area (Å²) < 4.78 is 7.06. The predicted molar refractivity (Wildman–Crippen MR) is 112 cm³/mol. The minimum absolute atomic E-state index is 0.174. The predicted octanol–water partition coefficient (Wildman–Crippen LogP) is 1.76. The van der Waals surface area contributed by atoms with Crippen molar-refractivity contribution in [2.24, 2.45) is 5.16 Å². The van der Waals surface area contributed by atoms with Crippen LogP contribution in [0.15, 0.2) is 9.95 Å². The van der Waals surface area contributed by atoms with Crippen molar-refractivity contribution < 1.29 is 9.57 Å². The molecule has 3 N–H and O–H groups in total. The summed E-state index contributed by atoms with van der Waals surface area (Å²) in [4.78, 5) is 31.6. The fraction of sp³-hybridized carbons (Fsp3) is 0.684. The van der Waals surface area contributed by atoms with Crippen molar-refractivity contribution in [2.75, 3.05) is 38.6 Å². The molecule has 10 heteroatoms. The molecule has 1 fully saturated rings. The van der Waals surface area contributed by atoms with Gasteiger partial charge in [0.05, 0.1) is 18.9 Å². The molecule has 3 heterocycles. The summed E-state index contributed by atoms with van der Waals surface area (Å²) in [6.07, 6.45) is 5.05. The number of aromatic nitrogens is 4. The summed E-state index contributed by atoms with van der Waals surface area (Å²) in [7, 11) is 0. The molecule has 0 spiro atoms. The van der Waals surface area contributed by atoms with Crippen LogP contribution in [0.1, 0.15) is 46.0 Å². The Morgan fingerprint density at radius 3 is 2.76 bits per heavy atom. The molecule has 2 aromatic rings. The number of hydrogen-bond donors (Lipinski definition) is 2. The number of aromatic amines is 1. The largest absolute Gasteiger partial charge is 0.463 e. The molecule has 10 nitrogen and oxygen atoms in total. The summed E-state index contributed by atoms with van der Waals surface area (Å²) >= 11 is 0. The van der Waals surface area contributed by atoms with Gasteiger partial charge in [0, 0.05) is 6.54 Å². The van der Waals surface area contributed by atoms with Crippen molar-refractivity contribution in [1.82, 2.24) is 24.4 Å². The molecule has 160 valence electrons. The third-order valence-electron chi connectivity index (χ3n) is 5.00. The van der Waals surface area contributed by atoms with Gasteiger partial charge in [0.15, 0.2) is 11.5 Å². The molecule has 0 bridgehead atoms. The number of likely N-dealkylation sites (tertiary alicyclic amines) is 1. The number of hydrogen-bond acceptors (Lipinski definition) is 8. The van der Waals surface area contributed by atoms with Crippen LogP contribution in [0.5, 0.6) is 6.01 Å². The van der Waals surface area contributed by atoms with E-state index >= 15 is 0 Å². The number of imidazole rings is 1. The summed E-state index contributed by atoms with van der Waals surface area (Å²) in [6, 6.07) is 0.174. The highest BCUT2D eigenvalue weighted by atomic mass is 16.6. The minimum Gasteiger partial charge on any atom is -0.463 e. The maximum atomic E-state index is 12.5. The van der Waals surface area contributed by atoms with E-state index in [-0.39, 0.29) is 24.1 Å². The standard InChI is InChI=1S/C19H31N7O3/c1-3-5-11-28-18-22-16(20)15-17(23-18)26(19(27)21-15)13-14(4-2)24-29-12-10-25-8-6-7-9-25/h3-13H2,1-2H3,(H,21,27)(H2,20,22,23)/b24-14-. The smallest absolute Gasteiger partial charge is 0.328 e. The molecule has 0 aliphatic carbocycles. The van der Waals surface area contributed by atoms with E-state index in [9.17, 15) is 4.79 Å². The maximum absolute atomic E-state index is 12.5. The highest BCUT2D eigenvalue weighted by Crippen LogP contribution is 2.18. The summed E-state index contributed by atoms with van der Waals surface area (Å²) in [5.74, 6) is 0.189. The Bertz CT molecular complexity index is 884. The summed E-state index contributed by atoms with van der Waals surface area (Å²) in [5, 5.41) is 4.24. The zero-order valence-corrected chi connectivity index (χ0v) is 17.3. The number of nitrogens with zero attached hydrogens (tertiary/aromatic N) is 5. The number of nitrogen functional groups attached to an aromatic ring is 1. The van der Waals surface area contributed by atoms with E-state index in [1.165, 1.54) is 17.4 Å². The van der Waals surface area contributed by atoms with Crippen molar-refractivity contribution in [2.45, 2.75) is 52.5 Å². The van der Waals surface area contributed by atoms with E-state index in [0.717, 1.165) is 38.2 Å². The second kappa shape index (κ2) is 10.2. The molecule has 0 unspecified atom stereocenters. The maximum Gasteiger partial charge on any atom is 0.328 e. The third kappa shape index (κ3) is 5.47. The first kappa shape index (κ1) is 21.1. The Kier molecular flexibility index (Phi) is 7.45. The molecule has 1 aliphatic rings. The van der Waals surface area contributed by atoms with E-state index < -0.39 is 0 Å². The van der Waals surface area contributed by atoms with Gasteiger partial charge >= 0.3 is 11.7 Å². The van der Waals surface area contributed by atoms with Crippen molar-refractivity contribution in [1.29, 1.82) is 0 Å². The topological polar surface area (TPSA) is 124 Å². The van der Waals surface area contributed by atoms with Crippen LogP contribution in [0.3, 0.4) is 0 Å². The lowest BCUT2D eigenvalue weighted by Gasteiger charge is -2.13. The number of H-pyrrole nitrogens is 1. The lowest BCUT2D eigenvalue weighted by Crippen LogP contribution is -2.24. The molecule has 1 aliphatic heterocycles. The van der Waals surface area contributed by atoms with Crippen LogP contribution in [-0.2, 0) is 11.4 Å². The van der Waals surface area contributed by atoms with Gasteiger partial charge in [0.1, 0.15) is 12.1 Å². The third-order valence-corrected chi connectivity index (χ3v) is 5.00. The number of ether oxygens (including phenoxy) is 1. The van der Waals surface area contributed by atoms with E-state index in [4.69, 9.17) is 15.3 Å². The number of fused-ring (bicyclic) bond motifs is 1. The van der Waals surface area contributed by atoms with Crippen LogP contribution >= 0.6 is 0 Å². The molecule has 0 amide bonds. The zero-order valence-electron chi connectivity index (χ0n) is 17.3. The van der Waals surface area contributed by atoms with Gasteiger partial charge in [0.2, 0.25) is 0 Å². The highest BCUT2D eigenvalue weighted by Gasteiger charge is 2.16. The monoisotopic (exact) mass is 405 g/mol. The van der Waals surface area contributed by atoms with E-state index in [0.29, 0.717) is 30.8 Å². The average Bonchev–Trinajstić information content (AvgIpc) is 3.33. The SMILES string of the molecule is CCCCOc1nc(N)c2[nH]c(=O)n(C/C(CC)=N\OCCN3CCCC3)c2n1. The van der Waals surface area contributed by atoms with Crippen LogP contribution < -0.4 is 16.2 Å². The minimum atomic E-state index is -0.315. The van der Waals surface area contributed by atoms with Crippen molar-refractivity contribution >= 4 is 22.7 Å². The van der Waals surface area contributed by atoms with Gasteiger partial charge < -0.3 is 20.3 Å². The first-order valence-corrected chi connectivity index (χ1v) is 10.4. The number of rotatable bonds is 11. The fourth-order valence-electron chi connectivity index (χ4n) is 3.25. The van der Waals surface area contributed by atoms with Gasteiger partial charge in [-0.15, -0.1) is 0 Å². The second-order valence-corrected chi connectivity index (χ2v) is 7.20. The van der Waals surface area contributed by atoms with Gasteiger partial charge in [-0.2, -0.15) is 9.97 Å². The summed E-state index contributed by atoms with van der Waals surface area (Å²) in [6.45, 7) is 8.49. The van der Waals surface area contributed by atoms with Crippen LogP contribution in [0.2, 0.25) is 0 Å². The van der Waals surface area contributed by atoms with Crippen molar-refractivity contribution in [3.8, 4) is 6.01 Å². The van der Waals surface area contributed by atoms with Crippen LogP contribution in [0, 0.1) is 0 Å². The van der Waals surface area contributed by atoms with Crippen LogP contribution in [0.25, 0.3) is 11.2 Å². The Balaban J connectivity index is 1.71. The lowest BCUT2D eigenvalue weighted by atomic mass is 10.3. The van der Waals surface area contributed by atoms with Gasteiger partial charge in [0.25, 0.3) is 0 Å². The number of nitrogens with two attached hydrogens (primary N) is 1. The Morgan fingerprint density at radius 2 is 2.03 bits per heavy atom. The number of unbranched alkanes of at least 4 members (excludes halogenated alkanes) is 1. The second-order valence-electron chi connectivity index (χ2n) is 7.20. The Hall–Kier alpha value is -2.62. The van der Waals surface area contributed by atoms with Crippen molar-refractivity contribution in [3.05, 3.63) is 10.5 Å². The van der Waals surface area contributed by atoms with Crippen molar-refractivity contribution in [3.63, 3.8) is 0 Å². The quantitative estimate of drug-likeness (QED) is 0.332. The van der Waals surface area contributed by atoms with Gasteiger partial charge in [-0.1, -0.05) is 25.4 Å². The fourth-order valence-corrected chi connectivity index (χ4v) is 3.25. The summed E-state index contributed by atoms with van der Waals surface area (Å²) in [5.41, 5.74) is 7.24. The molecule has 0 aromatic carbocycles. The molecular formula is C19H31N7O3. The lowest BCUT2D eigenvalue weighted by molar-refractivity contribution is 0.117. The van der Waals surface area contributed by atoms with E-state index in [1.54, 1.807) is 0 Å².